The van der Waals surface area contributed by atoms with Gasteiger partial charge in [0.25, 0.3) is 0 Å². The van der Waals surface area contributed by atoms with Gasteiger partial charge in [-0.3, -0.25) is 4.79 Å². The molecule has 0 saturated heterocycles. The number of hydrogen-bond acceptors (Lipinski definition) is 5. The van der Waals surface area contributed by atoms with Crippen LogP contribution in [0.2, 0.25) is 0 Å². The van der Waals surface area contributed by atoms with E-state index in [-0.39, 0.29) is 22.7 Å². The number of amides is 1. The molecule has 1 aliphatic rings. The molecule has 0 fully saturated rings. The maximum Gasteiger partial charge on any atom is 0.330 e. The van der Waals surface area contributed by atoms with E-state index in [1.54, 1.807) is 20.1 Å². The molecule has 0 bridgehead atoms. The molecule has 206 valence electrons. The second-order valence-electron chi connectivity index (χ2n) is 11.3. The van der Waals surface area contributed by atoms with Crippen LogP contribution in [0.3, 0.4) is 0 Å². The zero-order valence-electron chi connectivity index (χ0n) is 23.8. The Morgan fingerprint density at radius 3 is 2.21 bits per heavy atom. The summed E-state index contributed by atoms with van der Waals surface area (Å²) in [6.07, 6.45) is 8.28. The largest absolute Gasteiger partial charge is 0.496 e. The molecule has 6 heteroatoms. The molecule has 0 aliphatic heterocycles. The maximum atomic E-state index is 11.9. The molecule has 0 saturated carbocycles. The molecule has 0 unspecified atom stereocenters. The van der Waals surface area contributed by atoms with E-state index >= 15 is 0 Å². The van der Waals surface area contributed by atoms with Gasteiger partial charge in [0.2, 0.25) is 5.91 Å². The lowest BCUT2D eigenvalue weighted by atomic mass is 9.62. The maximum absolute atomic E-state index is 11.9. The van der Waals surface area contributed by atoms with Crippen LogP contribution in [0, 0.1) is 0 Å². The van der Waals surface area contributed by atoms with E-state index in [4.69, 9.17) is 19.9 Å². The molecule has 3 rings (SSSR count). The first-order chi connectivity index (χ1) is 18.0. The van der Waals surface area contributed by atoms with Crippen LogP contribution in [-0.4, -0.2) is 32.2 Å². The van der Waals surface area contributed by atoms with Crippen molar-refractivity contribution in [2.45, 2.75) is 84.0 Å². The number of ether oxygens (including phenoxy) is 3. The number of rotatable bonds is 12. The van der Waals surface area contributed by atoms with Crippen LogP contribution in [0.15, 0.2) is 36.4 Å². The average Bonchev–Trinajstić information content (AvgIpc) is 2.87. The van der Waals surface area contributed by atoms with Crippen molar-refractivity contribution >= 4 is 18.0 Å². The zero-order valence-corrected chi connectivity index (χ0v) is 23.8. The van der Waals surface area contributed by atoms with Crippen molar-refractivity contribution in [3.05, 3.63) is 53.1 Å². The molecule has 0 spiro atoms. The summed E-state index contributed by atoms with van der Waals surface area (Å²) in [5, 5.41) is 0. The Bertz CT molecular complexity index is 1180. The number of benzene rings is 2. The Hall–Kier alpha value is -3.28. The van der Waals surface area contributed by atoms with Gasteiger partial charge in [-0.05, 0) is 96.9 Å². The van der Waals surface area contributed by atoms with Crippen molar-refractivity contribution in [3.8, 4) is 22.6 Å². The SMILES string of the molecule is CCOC(=O)/C=C/c1ccc(OC)c(-c2cc3c(cc2OCCCCCC(N)=O)C(C)(C)CCC3(C)C)c1. The normalized spacial score (nSPS) is 15.6. The molecule has 0 radical (unpaired) electrons. The van der Waals surface area contributed by atoms with Gasteiger partial charge >= 0.3 is 5.97 Å². The fraction of sp³-hybridized carbons (Fsp3) is 0.500. The lowest BCUT2D eigenvalue weighted by Crippen LogP contribution is -2.34. The fourth-order valence-corrected chi connectivity index (χ4v) is 5.08. The van der Waals surface area contributed by atoms with Crippen LogP contribution in [-0.2, 0) is 25.2 Å². The second-order valence-corrected chi connectivity index (χ2v) is 11.3. The Morgan fingerprint density at radius 1 is 0.921 bits per heavy atom. The number of fused-ring (bicyclic) bond motifs is 1. The average molecular weight is 522 g/mol. The number of nitrogens with two attached hydrogens (primary N) is 1. The van der Waals surface area contributed by atoms with Gasteiger partial charge in [0.15, 0.2) is 0 Å². The first kappa shape index (κ1) is 29.3. The van der Waals surface area contributed by atoms with Gasteiger partial charge in [-0.1, -0.05) is 33.8 Å². The molecule has 0 aromatic heterocycles. The van der Waals surface area contributed by atoms with Crippen LogP contribution in [0.5, 0.6) is 11.5 Å². The van der Waals surface area contributed by atoms with Crippen molar-refractivity contribution in [3.63, 3.8) is 0 Å². The molecular formula is C32H43NO5. The van der Waals surface area contributed by atoms with Crippen molar-refractivity contribution in [2.24, 2.45) is 5.73 Å². The molecule has 1 aliphatic carbocycles. The number of esters is 1. The van der Waals surface area contributed by atoms with E-state index in [1.807, 2.05) is 18.2 Å². The summed E-state index contributed by atoms with van der Waals surface area (Å²) in [7, 11) is 1.66. The number of unbranched alkanes of at least 4 members (excludes halogenated alkanes) is 2. The first-order valence-electron chi connectivity index (χ1n) is 13.6. The number of carbonyl (C=O) groups is 2. The van der Waals surface area contributed by atoms with Gasteiger partial charge in [0.1, 0.15) is 11.5 Å². The van der Waals surface area contributed by atoms with Crippen LogP contribution in [0.4, 0.5) is 0 Å². The third-order valence-electron chi connectivity index (χ3n) is 7.49. The standard InChI is InChI=1S/C32H43NO5/c1-7-37-30(35)15-13-22-12-14-27(36-6)23(19-22)24-20-25-26(32(4,5)17-16-31(25,2)3)21-28(24)38-18-10-8-9-11-29(33)34/h12-15,19-21H,7-11,16-18H2,1-6H3,(H2,33,34)/b15-13+. The van der Waals surface area contributed by atoms with Gasteiger partial charge in [0, 0.05) is 23.6 Å². The van der Waals surface area contributed by atoms with Crippen molar-refractivity contribution in [2.75, 3.05) is 20.3 Å². The summed E-state index contributed by atoms with van der Waals surface area (Å²) in [6, 6.07) is 10.4. The quantitative estimate of drug-likeness (QED) is 0.190. The Labute approximate surface area is 227 Å². The van der Waals surface area contributed by atoms with Gasteiger partial charge in [0.05, 0.1) is 20.3 Å². The third kappa shape index (κ3) is 7.18. The van der Waals surface area contributed by atoms with E-state index in [0.29, 0.717) is 19.6 Å². The van der Waals surface area contributed by atoms with Crippen LogP contribution in [0.1, 0.15) is 89.8 Å². The minimum Gasteiger partial charge on any atom is -0.496 e. The highest BCUT2D eigenvalue weighted by atomic mass is 16.5. The van der Waals surface area contributed by atoms with Crippen LogP contribution < -0.4 is 15.2 Å². The van der Waals surface area contributed by atoms with Gasteiger partial charge in [-0.2, -0.15) is 0 Å². The predicted molar refractivity (Wildman–Crippen MR) is 153 cm³/mol. The number of methoxy groups -OCH3 is 1. The molecule has 2 aromatic carbocycles. The van der Waals surface area contributed by atoms with E-state index < -0.39 is 0 Å². The number of primary amides is 1. The first-order valence-corrected chi connectivity index (χ1v) is 13.6. The van der Waals surface area contributed by atoms with E-state index in [1.165, 1.54) is 17.2 Å². The van der Waals surface area contributed by atoms with E-state index in [0.717, 1.165) is 60.3 Å². The third-order valence-corrected chi connectivity index (χ3v) is 7.49. The molecule has 2 N–H and O–H groups in total. The van der Waals surface area contributed by atoms with E-state index in [2.05, 4.69) is 39.8 Å². The van der Waals surface area contributed by atoms with Gasteiger partial charge in [-0.15, -0.1) is 0 Å². The summed E-state index contributed by atoms with van der Waals surface area (Å²) < 4.78 is 17.2. The summed E-state index contributed by atoms with van der Waals surface area (Å²) >= 11 is 0. The minimum absolute atomic E-state index is 0.0293. The summed E-state index contributed by atoms with van der Waals surface area (Å²) in [4.78, 5) is 23.0. The Balaban J connectivity index is 2.06. The lowest BCUT2D eigenvalue weighted by molar-refractivity contribution is -0.137. The topological polar surface area (TPSA) is 87.8 Å². The Kier molecular flexibility index (Phi) is 9.64. The highest BCUT2D eigenvalue weighted by Gasteiger charge is 2.38. The zero-order chi connectivity index (χ0) is 27.9. The number of carbonyl (C=O) groups excluding carboxylic acids is 2. The van der Waals surface area contributed by atoms with Crippen molar-refractivity contribution in [1.82, 2.24) is 0 Å². The highest BCUT2D eigenvalue weighted by molar-refractivity contribution is 5.88. The molecule has 2 aromatic rings. The van der Waals surface area contributed by atoms with Crippen molar-refractivity contribution in [1.29, 1.82) is 0 Å². The van der Waals surface area contributed by atoms with Crippen molar-refractivity contribution < 1.29 is 23.8 Å². The molecule has 0 heterocycles. The molecule has 6 nitrogen and oxygen atoms in total. The van der Waals surface area contributed by atoms with E-state index in [9.17, 15) is 9.59 Å². The summed E-state index contributed by atoms with van der Waals surface area (Å²) in [6.45, 7) is 11.9. The van der Waals surface area contributed by atoms with Crippen LogP contribution >= 0.6 is 0 Å². The van der Waals surface area contributed by atoms with Gasteiger partial charge < -0.3 is 19.9 Å². The van der Waals surface area contributed by atoms with Crippen LogP contribution in [0.25, 0.3) is 17.2 Å². The molecule has 0 atom stereocenters. The minimum atomic E-state index is -0.372. The monoisotopic (exact) mass is 521 g/mol. The molecule has 38 heavy (non-hydrogen) atoms. The lowest BCUT2D eigenvalue weighted by Gasteiger charge is -2.42. The summed E-state index contributed by atoms with van der Waals surface area (Å²) in [5.74, 6) is 0.909. The smallest absolute Gasteiger partial charge is 0.330 e. The highest BCUT2D eigenvalue weighted by Crippen LogP contribution is 2.50. The number of hydrogen-bond donors (Lipinski definition) is 1. The fourth-order valence-electron chi connectivity index (χ4n) is 5.08. The second kappa shape index (κ2) is 12.5. The molecular weight excluding hydrogens is 478 g/mol. The van der Waals surface area contributed by atoms with Gasteiger partial charge in [-0.25, -0.2) is 4.79 Å². The summed E-state index contributed by atoms with van der Waals surface area (Å²) in [5.41, 5.74) is 10.7. The molecule has 1 amide bonds. The predicted octanol–water partition coefficient (Wildman–Crippen LogP) is 6.71. The Morgan fingerprint density at radius 2 is 1.58 bits per heavy atom.